The summed E-state index contributed by atoms with van der Waals surface area (Å²) in [5, 5.41) is 14.2. The van der Waals surface area contributed by atoms with Crippen LogP contribution in [-0.4, -0.2) is 37.1 Å². The number of ether oxygens (including phenoxy) is 1. The van der Waals surface area contributed by atoms with Crippen LogP contribution in [0.2, 0.25) is 0 Å². The molecule has 2 unspecified atom stereocenters. The molecule has 2 aliphatic rings. The lowest BCUT2D eigenvalue weighted by molar-refractivity contribution is -0.384. The first kappa shape index (κ1) is 19.2. The number of benzene rings is 2. The lowest BCUT2D eigenvalue weighted by Crippen LogP contribution is -2.48. The van der Waals surface area contributed by atoms with Crippen LogP contribution < -0.4 is 15.0 Å². The van der Waals surface area contributed by atoms with E-state index in [1.165, 1.54) is 0 Å². The van der Waals surface area contributed by atoms with Gasteiger partial charge >= 0.3 is 0 Å². The van der Waals surface area contributed by atoms with Gasteiger partial charge < -0.3 is 15.0 Å². The molecule has 1 N–H and O–H groups in total. The van der Waals surface area contributed by atoms with Gasteiger partial charge in [0.15, 0.2) is 0 Å². The molecule has 1 amide bonds. The third-order valence-electron chi connectivity index (χ3n) is 6.00. The number of nitro groups is 1. The van der Waals surface area contributed by atoms with E-state index in [4.69, 9.17) is 4.74 Å². The molecule has 7 nitrogen and oxygen atoms in total. The van der Waals surface area contributed by atoms with Crippen molar-refractivity contribution in [1.82, 2.24) is 5.32 Å². The standard InChI is InChI=1S/C22H25N3O4/c1-29-18-7-4-15(5-8-18)10-11-23-22(26)19-14-16-13-17(25(27)28)6-9-20(16)24-12-2-3-21(19)24/h4-9,13,19,21H,2-3,10-12,14H2,1H3,(H,23,26). The van der Waals surface area contributed by atoms with Crippen molar-refractivity contribution >= 4 is 17.3 Å². The summed E-state index contributed by atoms with van der Waals surface area (Å²) >= 11 is 0. The van der Waals surface area contributed by atoms with Crippen molar-refractivity contribution < 1.29 is 14.5 Å². The van der Waals surface area contributed by atoms with E-state index in [0.29, 0.717) is 13.0 Å². The Hall–Kier alpha value is -3.09. The Kier molecular flexibility index (Phi) is 5.38. The topological polar surface area (TPSA) is 84.7 Å². The van der Waals surface area contributed by atoms with Crippen LogP contribution in [0.3, 0.4) is 0 Å². The molecule has 152 valence electrons. The summed E-state index contributed by atoms with van der Waals surface area (Å²) < 4.78 is 5.17. The number of nitro benzene ring substituents is 1. The molecule has 2 atom stereocenters. The van der Waals surface area contributed by atoms with E-state index in [0.717, 1.165) is 48.4 Å². The number of hydrogen-bond donors (Lipinski definition) is 1. The minimum Gasteiger partial charge on any atom is -0.497 e. The average molecular weight is 395 g/mol. The molecule has 0 spiro atoms. The van der Waals surface area contributed by atoms with Crippen molar-refractivity contribution in [2.24, 2.45) is 5.92 Å². The van der Waals surface area contributed by atoms with E-state index in [1.54, 1.807) is 19.2 Å². The maximum atomic E-state index is 13.0. The van der Waals surface area contributed by atoms with Gasteiger partial charge in [-0.25, -0.2) is 0 Å². The minimum absolute atomic E-state index is 0.0348. The molecule has 0 aliphatic carbocycles. The minimum atomic E-state index is -0.375. The van der Waals surface area contributed by atoms with Crippen molar-refractivity contribution in [3.05, 3.63) is 63.7 Å². The molecule has 0 radical (unpaired) electrons. The van der Waals surface area contributed by atoms with Crippen LogP contribution in [0.25, 0.3) is 0 Å². The van der Waals surface area contributed by atoms with Gasteiger partial charge in [-0.15, -0.1) is 0 Å². The highest BCUT2D eigenvalue weighted by atomic mass is 16.6. The number of methoxy groups -OCH3 is 1. The fraction of sp³-hybridized carbons (Fsp3) is 0.409. The van der Waals surface area contributed by atoms with E-state index >= 15 is 0 Å². The molecular weight excluding hydrogens is 370 g/mol. The predicted molar refractivity (Wildman–Crippen MR) is 110 cm³/mol. The van der Waals surface area contributed by atoms with Gasteiger partial charge in [0.05, 0.1) is 18.0 Å². The molecule has 7 heteroatoms. The zero-order valence-electron chi connectivity index (χ0n) is 16.5. The number of fused-ring (bicyclic) bond motifs is 3. The van der Waals surface area contributed by atoms with Gasteiger partial charge in [0.1, 0.15) is 5.75 Å². The fourth-order valence-corrected chi connectivity index (χ4v) is 4.53. The first-order valence-corrected chi connectivity index (χ1v) is 10.0. The summed E-state index contributed by atoms with van der Waals surface area (Å²) in [7, 11) is 1.64. The second-order valence-corrected chi connectivity index (χ2v) is 7.67. The molecule has 29 heavy (non-hydrogen) atoms. The Morgan fingerprint density at radius 3 is 2.79 bits per heavy atom. The molecule has 2 aromatic rings. The Morgan fingerprint density at radius 2 is 2.07 bits per heavy atom. The van der Waals surface area contributed by atoms with Gasteiger partial charge in [-0.1, -0.05) is 12.1 Å². The quantitative estimate of drug-likeness (QED) is 0.600. The maximum absolute atomic E-state index is 13.0. The Morgan fingerprint density at radius 1 is 1.28 bits per heavy atom. The molecule has 1 saturated heterocycles. The largest absolute Gasteiger partial charge is 0.497 e. The number of anilines is 1. The molecule has 2 aromatic carbocycles. The number of nitrogens with one attached hydrogen (secondary N) is 1. The third-order valence-corrected chi connectivity index (χ3v) is 6.00. The van der Waals surface area contributed by atoms with Gasteiger partial charge in [-0.05, 0) is 55.0 Å². The Bertz CT molecular complexity index is 913. The van der Waals surface area contributed by atoms with Crippen LogP contribution in [-0.2, 0) is 17.6 Å². The van der Waals surface area contributed by atoms with Crippen molar-refractivity contribution in [2.75, 3.05) is 25.1 Å². The van der Waals surface area contributed by atoms with Crippen molar-refractivity contribution in [1.29, 1.82) is 0 Å². The van der Waals surface area contributed by atoms with Crippen LogP contribution in [0.4, 0.5) is 11.4 Å². The normalized spacial score (nSPS) is 20.0. The monoisotopic (exact) mass is 395 g/mol. The number of hydrogen-bond acceptors (Lipinski definition) is 5. The van der Waals surface area contributed by atoms with Gasteiger partial charge in [-0.2, -0.15) is 0 Å². The molecule has 4 rings (SSSR count). The highest BCUT2D eigenvalue weighted by Crippen LogP contribution is 2.40. The summed E-state index contributed by atoms with van der Waals surface area (Å²) in [4.78, 5) is 26.0. The highest BCUT2D eigenvalue weighted by molar-refractivity contribution is 5.82. The zero-order chi connectivity index (χ0) is 20.4. The molecule has 2 heterocycles. The van der Waals surface area contributed by atoms with Gasteiger partial charge in [-0.3, -0.25) is 14.9 Å². The van der Waals surface area contributed by atoms with Gasteiger partial charge in [0.25, 0.3) is 5.69 Å². The summed E-state index contributed by atoms with van der Waals surface area (Å²) in [6.45, 7) is 1.46. The maximum Gasteiger partial charge on any atom is 0.269 e. The second kappa shape index (κ2) is 8.11. The van der Waals surface area contributed by atoms with Crippen molar-refractivity contribution in [2.45, 2.75) is 31.7 Å². The van der Waals surface area contributed by atoms with E-state index in [1.807, 2.05) is 30.3 Å². The average Bonchev–Trinajstić information content (AvgIpc) is 3.23. The molecule has 1 fully saturated rings. The fourth-order valence-electron chi connectivity index (χ4n) is 4.53. The third kappa shape index (κ3) is 3.90. The highest BCUT2D eigenvalue weighted by Gasteiger charge is 2.41. The number of rotatable bonds is 6. The lowest BCUT2D eigenvalue weighted by atomic mass is 9.85. The number of carbonyl (C=O) groups is 1. The van der Waals surface area contributed by atoms with Crippen molar-refractivity contribution in [3.8, 4) is 5.75 Å². The van der Waals surface area contributed by atoms with E-state index in [9.17, 15) is 14.9 Å². The molecule has 2 aliphatic heterocycles. The predicted octanol–water partition coefficient (Wildman–Crippen LogP) is 3.10. The van der Waals surface area contributed by atoms with Crippen LogP contribution in [0.15, 0.2) is 42.5 Å². The summed E-state index contributed by atoms with van der Waals surface area (Å²) in [5.41, 5.74) is 3.16. The SMILES string of the molecule is COc1ccc(CCNC(=O)C2Cc3cc([N+](=O)[O-])ccc3N3CCCC23)cc1. The first-order chi connectivity index (χ1) is 14.1. The number of nitrogens with zero attached hydrogens (tertiary/aromatic N) is 2. The molecule has 0 aromatic heterocycles. The molecule has 0 saturated carbocycles. The van der Waals surface area contributed by atoms with Crippen LogP contribution in [0.1, 0.15) is 24.0 Å². The Labute approximate surface area is 169 Å². The number of amides is 1. The zero-order valence-corrected chi connectivity index (χ0v) is 16.5. The van der Waals surface area contributed by atoms with Crippen LogP contribution in [0.5, 0.6) is 5.75 Å². The van der Waals surface area contributed by atoms with Crippen LogP contribution in [0, 0.1) is 16.0 Å². The number of non-ortho nitro benzene ring substituents is 1. The first-order valence-electron chi connectivity index (χ1n) is 10.0. The van der Waals surface area contributed by atoms with Gasteiger partial charge in [0.2, 0.25) is 5.91 Å². The van der Waals surface area contributed by atoms with Gasteiger partial charge in [0, 0.05) is 37.0 Å². The lowest BCUT2D eigenvalue weighted by Gasteiger charge is -2.38. The number of carbonyl (C=O) groups excluding carboxylic acids is 1. The summed E-state index contributed by atoms with van der Waals surface area (Å²) in [6.07, 6.45) is 3.31. The van der Waals surface area contributed by atoms with Crippen molar-refractivity contribution in [3.63, 3.8) is 0 Å². The smallest absolute Gasteiger partial charge is 0.269 e. The molecule has 0 bridgehead atoms. The Balaban J connectivity index is 1.43. The summed E-state index contributed by atoms with van der Waals surface area (Å²) in [6, 6.07) is 13.0. The summed E-state index contributed by atoms with van der Waals surface area (Å²) in [5.74, 6) is 0.671. The van der Waals surface area contributed by atoms with E-state index in [-0.39, 0.29) is 28.5 Å². The second-order valence-electron chi connectivity index (χ2n) is 7.67. The van der Waals surface area contributed by atoms with Crippen LogP contribution >= 0.6 is 0 Å². The molecular formula is C22H25N3O4. The van der Waals surface area contributed by atoms with E-state index < -0.39 is 0 Å². The van der Waals surface area contributed by atoms with E-state index in [2.05, 4.69) is 10.2 Å².